The normalized spacial score (nSPS) is 11.6. The summed E-state index contributed by atoms with van der Waals surface area (Å²) in [5.74, 6) is 0.479. The van der Waals surface area contributed by atoms with E-state index in [0.717, 1.165) is 33.3 Å². The minimum atomic E-state index is 0.479. The molecule has 3 aromatic heterocycles. The van der Waals surface area contributed by atoms with E-state index in [1.165, 1.54) is 5.56 Å². The molecule has 4 rings (SSSR count). The van der Waals surface area contributed by atoms with Crippen LogP contribution in [0.2, 0.25) is 0 Å². The summed E-state index contributed by atoms with van der Waals surface area (Å²) in [7, 11) is 0. The first-order valence-electron chi connectivity index (χ1n) is 7.46. The number of para-hydroxylation sites is 1. The molecular formula is C19H16N2O. The van der Waals surface area contributed by atoms with Crippen LogP contribution in [-0.4, -0.2) is 9.97 Å². The molecule has 3 heteroatoms. The fraction of sp³-hybridized carbons (Fsp3) is 0.158. The van der Waals surface area contributed by atoms with Crippen LogP contribution < -0.4 is 0 Å². The van der Waals surface area contributed by atoms with E-state index in [1.54, 1.807) is 6.20 Å². The molecule has 3 nitrogen and oxygen atoms in total. The highest BCUT2D eigenvalue weighted by Gasteiger charge is 2.13. The predicted octanol–water partition coefficient (Wildman–Crippen LogP) is 5.17. The molecule has 0 aliphatic heterocycles. The SMILES string of the molecule is CC(C)c1ccc(-c2cccc3c2oc2cccnc23)nc1. The number of rotatable bonds is 2. The molecule has 0 bridgehead atoms. The van der Waals surface area contributed by atoms with Crippen molar-refractivity contribution in [1.82, 2.24) is 9.97 Å². The van der Waals surface area contributed by atoms with Crippen LogP contribution >= 0.6 is 0 Å². The van der Waals surface area contributed by atoms with Crippen molar-refractivity contribution in [2.75, 3.05) is 0 Å². The van der Waals surface area contributed by atoms with Gasteiger partial charge in [-0.3, -0.25) is 9.97 Å². The second-order valence-corrected chi connectivity index (χ2v) is 5.77. The Morgan fingerprint density at radius 2 is 1.86 bits per heavy atom. The molecule has 0 radical (unpaired) electrons. The second kappa shape index (κ2) is 4.95. The van der Waals surface area contributed by atoms with Gasteiger partial charge in [0.1, 0.15) is 11.1 Å². The maximum absolute atomic E-state index is 6.01. The molecule has 0 aliphatic rings. The van der Waals surface area contributed by atoms with E-state index in [1.807, 2.05) is 36.5 Å². The quantitative estimate of drug-likeness (QED) is 0.511. The monoisotopic (exact) mass is 288 g/mol. The maximum atomic E-state index is 6.01. The molecule has 4 aromatic rings. The van der Waals surface area contributed by atoms with Crippen molar-refractivity contribution in [3.63, 3.8) is 0 Å². The van der Waals surface area contributed by atoms with Gasteiger partial charge in [0.05, 0.1) is 5.69 Å². The Morgan fingerprint density at radius 1 is 0.955 bits per heavy atom. The van der Waals surface area contributed by atoms with Crippen LogP contribution in [0.5, 0.6) is 0 Å². The Kier molecular flexibility index (Phi) is 2.93. The van der Waals surface area contributed by atoms with Gasteiger partial charge in [0.15, 0.2) is 5.58 Å². The first-order valence-corrected chi connectivity index (χ1v) is 7.46. The molecule has 0 spiro atoms. The summed E-state index contributed by atoms with van der Waals surface area (Å²) < 4.78 is 6.01. The number of pyridine rings is 2. The molecule has 0 fully saturated rings. The van der Waals surface area contributed by atoms with Crippen LogP contribution in [0.15, 0.2) is 59.3 Å². The van der Waals surface area contributed by atoms with Crippen molar-refractivity contribution in [2.45, 2.75) is 19.8 Å². The van der Waals surface area contributed by atoms with Crippen molar-refractivity contribution in [3.05, 3.63) is 60.4 Å². The first-order chi connectivity index (χ1) is 10.7. The number of aromatic nitrogens is 2. The standard InChI is InChI=1S/C19H16N2O/c1-12(2)13-8-9-16(21-11-13)14-5-3-6-15-18-17(22-19(14)15)7-4-10-20-18/h3-12H,1-2H3. The largest absolute Gasteiger partial charge is 0.454 e. The number of hydrogen-bond donors (Lipinski definition) is 0. The molecular weight excluding hydrogens is 272 g/mol. The van der Waals surface area contributed by atoms with E-state index in [2.05, 4.69) is 35.9 Å². The lowest BCUT2D eigenvalue weighted by molar-refractivity contribution is 0.669. The van der Waals surface area contributed by atoms with Gasteiger partial charge in [-0.15, -0.1) is 0 Å². The minimum absolute atomic E-state index is 0.479. The fourth-order valence-electron chi connectivity index (χ4n) is 2.73. The third kappa shape index (κ3) is 1.98. The molecule has 0 saturated carbocycles. The number of nitrogens with zero attached hydrogens (tertiary/aromatic N) is 2. The Hall–Kier alpha value is -2.68. The van der Waals surface area contributed by atoms with Crippen LogP contribution in [0.25, 0.3) is 33.3 Å². The fourth-order valence-corrected chi connectivity index (χ4v) is 2.73. The topological polar surface area (TPSA) is 38.9 Å². The maximum Gasteiger partial charge on any atom is 0.153 e. The summed E-state index contributed by atoms with van der Waals surface area (Å²) in [5.41, 5.74) is 5.73. The van der Waals surface area contributed by atoms with Gasteiger partial charge in [-0.25, -0.2) is 0 Å². The highest BCUT2D eigenvalue weighted by Crippen LogP contribution is 2.34. The van der Waals surface area contributed by atoms with Crippen molar-refractivity contribution in [3.8, 4) is 11.3 Å². The van der Waals surface area contributed by atoms with Crippen LogP contribution in [0.3, 0.4) is 0 Å². The van der Waals surface area contributed by atoms with Crippen molar-refractivity contribution in [1.29, 1.82) is 0 Å². The third-order valence-electron chi connectivity index (χ3n) is 3.98. The van der Waals surface area contributed by atoms with E-state index in [9.17, 15) is 0 Å². The zero-order valence-corrected chi connectivity index (χ0v) is 12.6. The van der Waals surface area contributed by atoms with Gasteiger partial charge in [0, 0.05) is 23.3 Å². The third-order valence-corrected chi connectivity index (χ3v) is 3.98. The number of fused-ring (bicyclic) bond motifs is 3. The Bertz CT molecular complexity index is 952. The minimum Gasteiger partial charge on any atom is -0.454 e. The number of benzene rings is 1. The molecule has 0 amide bonds. The molecule has 0 atom stereocenters. The smallest absolute Gasteiger partial charge is 0.153 e. The predicted molar refractivity (Wildman–Crippen MR) is 88.8 cm³/mol. The van der Waals surface area contributed by atoms with Crippen LogP contribution in [0.4, 0.5) is 0 Å². The number of hydrogen-bond acceptors (Lipinski definition) is 3. The summed E-state index contributed by atoms with van der Waals surface area (Å²) >= 11 is 0. The summed E-state index contributed by atoms with van der Waals surface area (Å²) in [5, 5.41) is 1.03. The summed E-state index contributed by atoms with van der Waals surface area (Å²) in [6, 6.07) is 14.1. The lowest BCUT2D eigenvalue weighted by Crippen LogP contribution is -1.90. The van der Waals surface area contributed by atoms with Gasteiger partial charge < -0.3 is 4.42 Å². The summed E-state index contributed by atoms with van der Waals surface area (Å²) in [6.07, 6.45) is 3.74. The van der Waals surface area contributed by atoms with Crippen molar-refractivity contribution in [2.24, 2.45) is 0 Å². The molecule has 0 aliphatic carbocycles. The molecule has 108 valence electrons. The van der Waals surface area contributed by atoms with Crippen LogP contribution in [0, 0.1) is 0 Å². The lowest BCUT2D eigenvalue weighted by atomic mass is 10.0. The Morgan fingerprint density at radius 3 is 2.64 bits per heavy atom. The molecule has 3 heterocycles. The van der Waals surface area contributed by atoms with Crippen molar-refractivity contribution < 1.29 is 4.42 Å². The molecule has 1 aromatic carbocycles. The van der Waals surface area contributed by atoms with Crippen LogP contribution in [0.1, 0.15) is 25.3 Å². The first kappa shape index (κ1) is 13.0. The van der Waals surface area contributed by atoms with E-state index in [-0.39, 0.29) is 0 Å². The Labute approximate surface area is 128 Å². The van der Waals surface area contributed by atoms with Gasteiger partial charge >= 0.3 is 0 Å². The summed E-state index contributed by atoms with van der Waals surface area (Å²) in [4.78, 5) is 9.04. The average molecular weight is 288 g/mol. The second-order valence-electron chi connectivity index (χ2n) is 5.77. The van der Waals surface area contributed by atoms with E-state index >= 15 is 0 Å². The molecule has 22 heavy (non-hydrogen) atoms. The average Bonchev–Trinajstić information content (AvgIpc) is 2.93. The molecule has 0 unspecified atom stereocenters. The molecule has 0 saturated heterocycles. The summed E-state index contributed by atoms with van der Waals surface area (Å²) in [6.45, 7) is 4.34. The zero-order chi connectivity index (χ0) is 15.1. The van der Waals surface area contributed by atoms with Gasteiger partial charge in [-0.1, -0.05) is 26.0 Å². The van der Waals surface area contributed by atoms with Gasteiger partial charge in [0.25, 0.3) is 0 Å². The number of furan rings is 1. The van der Waals surface area contributed by atoms with Gasteiger partial charge in [0.2, 0.25) is 0 Å². The Balaban J connectivity index is 1.94. The highest BCUT2D eigenvalue weighted by atomic mass is 16.3. The van der Waals surface area contributed by atoms with Crippen molar-refractivity contribution >= 4 is 22.1 Å². The molecule has 0 N–H and O–H groups in total. The lowest BCUT2D eigenvalue weighted by Gasteiger charge is -2.06. The zero-order valence-electron chi connectivity index (χ0n) is 12.6. The van der Waals surface area contributed by atoms with Gasteiger partial charge in [-0.2, -0.15) is 0 Å². The van der Waals surface area contributed by atoms with E-state index < -0.39 is 0 Å². The van der Waals surface area contributed by atoms with E-state index in [4.69, 9.17) is 4.42 Å². The van der Waals surface area contributed by atoms with Crippen LogP contribution in [-0.2, 0) is 0 Å². The van der Waals surface area contributed by atoms with Gasteiger partial charge in [-0.05, 0) is 41.8 Å². The van der Waals surface area contributed by atoms with E-state index in [0.29, 0.717) is 5.92 Å². The highest BCUT2D eigenvalue weighted by molar-refractivity contribution is 6.07.